The first-order chi connectivity index (χ1) is 7.58. The van der Waals surface area contributed by atoms with E-state index in [2.05, 4.69) is 5.32 Å². The van der Waals surface area contributed by atoms with Gasteiger partial charge in [-0.1, -0.05) is 0 Å². The van der Waals surface area contributed by atoms with Crippen LogP contribution in [-0.4, -0.2) is 68.6 Å². The average molecular weight is 233 g/mol. The lowest BCUT2D eigenvalue weighted by molar-refractivity contribution is -0.0794. The van der Waals surface area contributed by atoms with Gasteiger partial charge in [-0.2, -0.15) is 0 Å². The second-order valence-corrected chi connectivity index (χ2v) is 5.04. The van der Waals surface area contributed by atoms with Crippen LogP contribution in [0.4, 0.5) is 8.78 Å². The van der Waals surface area contributed by atoms with Gasteiger partial charge >= 0.3 is 0 Å². The van der Waals surface area contributed by atoms with Gasteiger partial charge in [0.2, 0.25) is 0 Å². The number of piperazine rings is 1. The van der Waals surface area contributed by atoms with E-state index >= 15 is 0 Å². The van der Waals surface area contributed by atoms with Crippen molar-refractivity contribution >= 4 is 0 Å². The maximum atomic E-state index is 14.0. The van der Waals surface area contributed by atoms with Gasteiger partial charge < -0.3 is 10.2 Å². The summed E-state index contributed by atoms with van der Waals surface area (Å²) in [6.45, 7) is 4.45. The standard InChI is InChI=1S/C11H21F2N3/c1-15-5-2-10(8-15)11(12,13)9-16-6-3-14-4-7-16/h10,14H,2-9H2,1H3. The Hall–Kier alpha value is -0.260. The van der Waals surface area contributed by atoms with Crippen LogP contribution in [0.5, 0.6) is 0 Å². The van der Waals surface area contributed by atoms with Crippen molar-refractivity contribution in [1.82, 2.24) is 15.1 Å². The molecule has 2 rings (SSSR count). The number of nitrogens with zero attached hydrogens (tertiary/aromatic N) is 2. The number of likely N-dealkylation sites (tertiary alicyclic amines) is 1. The van der Waals surface area contributed by atoms with Crippen LogP contribution in [0.2, 0.25) is 0 Å². The first kappa shape index (κ1) is 12.2. The fraction of sp³-hybridized carbons (Fsp3) is 1.00. The minimum absolute atomic E-state index is 0.0623. The number of hydrogen-bond acceptors (Lipinski definition) is 3. The third kappa shape index (κ3) is 2.90. The predicted molar refractivity (Wildman–Crippen MR) is 59.9 cm³/mol. The van der Waals surface area contributed by atoms with Gasteiger partial charge in [-0.25, -0.2) is 8.78 Å². The van der Waals surface area contributed by atoms with Gasteiger partial charge in [0.1, 0.15) is 0 Å². The molecule has 0 aromatic heterocycles. The fourth-order valence-electron chi connectivity index (χ4n) is 2.58. The number of hydrogen-bond donors (Lipinski definition) is 1. The van der Waals surface area contributed by atoms with Crippen molar-refractivity contribution in [3.8, 4) is 0 Å². The fourth-order valence-corrected chi connectivity index (χ4v) is 2.58. The normalized spacial score (nSPS) is 29.8. The number of rotatable bonds is 3. The summed E-state index contributed by atoms with van der Waals surface area (Å²) in [4.78, 5) is 3.88. The molecule has 0 saturated carbocycles. The van der Waals surface area contributed by atoms with Crippen molar-refractivity contribution in [3.63, 3.8) is 0 Å². The molecule has 94 valence electrons. The topological polar surface area (TPSA) is 18.5 Å². The monoisotopic (exact) mass is 233 g/mol. The van der Waals surface area contributed by atoms with Gasteiger partial charge in [0.05, 0.1) is 6.54 Å². The highest BCUT2D eigenvalue weighted by molar-refractivity contribution is 4.87. The molecule has 1 N–H and O–H groups in total. The molecule has 16 heavy (non-hydrogen) atoms. The summed E-state index contributed by atoms with van der Waals surface area (Å²) in [5, 5.41) is 3.18. The quantitative estimate of drug-likeness (QED) is 0.765. The van der Waals surface area contributed by atoms with Crippen LogP contribution in [0.3, 0.4) is 0 Å². The van der Waals surface area contributed by atoms with E-state index < -0.39 is 11.8 Å². The van der Waals surface area contributed by atoms with Crippen molar-refractivity contribution in [3.05, 3.63) is 0 Å². The Bertz CT molecular complexity index is 229. The Morgan fingerprint density at radius 3 is 2.50 bits per heavy atom. The first-order valence-electron chi connectivity index (χ1n) is 6.07. The molecule has 0 amide bonds. The van der Waals surface area contributed by atoms with Gasteiger partial charge in [0.15, 0.2) is 0 Å². The SMILES string of the molecule is CN1CCC(C(F)(F)CN2CCNCC2)C1. The smallest absolute Gasteiger partial charge is 0.264 e. The largest absolute Gasteiger partial charge is 0.314 e. The zero-order valence-corrected chi connectivity index (χ0v) is 9.88. The molecule has 0 aliphatic carbocycles. The van der Waals surface area contributed by atoms with Gasteiger partial charge in [0, 0.05) is 38.6 Å². The summed E-state index contributed by atoms with van der Waals surface area (Å²) < 4.78 is 28.0. The van der Waals surface area contributed by atoms with Gasteiger partial charge in [0.25, 0.3) is 5.92 Å². The second-order valence-electron chi connectivity index (χ2n) is 5.04. The van der Waals surface area contributed by atoms with E-state index in [0.29, 0.717) is 13.0 Å². The Morgan fingerprint density at radius 2 is 1.94 bits per heavy atom. The molecule has 0 aromatic carbocycles. The minimum Gasteiger partial charge on any atom is -0.314 e. The van der Waals surface area contributed by atoms with Gasteiger partial charge in [-0.3, -0.25) is 4.90 Å². The lowest BCUT2D eigenvalue weighted by atomic mass is 10.00. The molecule has 2 heterocycles. The van der Waals surface area contributed by atoms with E-state index in [1.807, 2.05) is 16.8 Å². The molecule has 1 unspecified atom stereocenters. The summed E-state index contributed by atoms with van der Waals surface area (Å²) >= 11 is 0. The molecule has 1 atom stereocenters. The predicted octanol–water partition coefficient (Wildman–Crippen LogP) is 0.479. The molecule has 2 saturated heterocycles. The highest BCUT2D eigenvalue weighted by atomic mass is 19.3. The summed E-state index contributed by atoms with van der Waals surface area (Å²) in [6, 6.07) is 0. The van der Waals surface area contributed by atoms with E-state index in [1.54, 1.807) is 0 Å². The van der Waals surface area contributed by atoms with Crippen LogP contribution in [-0.2, 0) is 0 Å². The Balaban J connectivity index is 1.85. The zero-order chi connectivity index (χ0) is 11.6. The molecule has 0 radical (unpaired) electrons. The van der Waals surface area contributed by atoms with Gasteiger partial charge in [-0.15, -0.1) is 0 Å². The van der Waals surface area contributed by atoms with Crippen molar-refractivity contribution in [2.45, 2.75) is 12.3 Å². The summed E-state index contributed by atoms with van der Waals surface area (Å²) in [6.07, 6.45) is 0.635. The first-order valence-corrected chi connectivity index (χ1v) is 6.07. The average Bonchev–Trinajstić information content (AvgIpc) is 2.66. The van der Waals surface area contributed by atoms with E-state index in [1.165, 1.54) is 0 Å². The van der Waals surface area contributed by atoms with Crippen LogP contribution in [0.25, 0.3) is 0 Å². The zero-order valence-electron chi connectivity index (χ0n) is 9.88. The van der Waals surface area contributed by atoms with Gasteiger partial charge in [-0.05, 0) is 20.0 Å². The Labute approximate surface area is 95.8 Å². The van der Waals surface area contributed by atoms with Crippen molar-refractivity contribution in [2.24, 2.45) is 5.92 Å². The lowest BCUT2D eigenvalue weighted by Gasteiger charge is -2.33. The highest BCUT2D eigenvalue weighted by Gasteiger charge is 2.43. The Morgan fingerprint density at radius 1 is 1.25 bits per heavy atom. The summed E-state index contributed by atoms with van der Waals surface area (Å²) in [5.74, 6) is -2.98. The maximum Gasteiger partial charge on any atom is 0.264 e. The lowest BCUT2D eigenvalue weighted by Crippen LogP contribution is -2.50. The number of halogens is 2. The molecule has 0 bridgehead atoms. The Kier molecular flexibility index (Phi) is 3.77. The number of alkyl halides is 2. The van der Waals surface area contributed by atoms with Crippen molar-refractivity contribution in [1.29, 1.82) is 0 Å². The van der Waals surface area contributed by atoms with Crippen molar-refractivity contribution < 1.29 is 8.78 Å². The van der Waals surface area contributed by atoms with E-state index in [-0.39, 0.29) is 6.54 Å². The summed E-state index contributed by atoms with van der Waals surface area (Å²) in [7, 11) is 1.92. The van der Waals surface area contributed by atoms with Crippen LogP contribution < -0.4 is 5.32 Å². The molecule has 0 spiro atoms. The van der Waals surface area contributed by atoms with E-state index in [4.69, 9.17) is 0 Å². The third-order valence-electron chi connectivity index (χ3n) is 3.63. The van der Waals surface area contributed by atoms with Crippen LogP contribution >= 0.6 is 0 Å². The number of nitrogens with one attached hydrogen (secondary N) is 1. The highest BCUT2D eigenvalue weighted by Crippen LogP contribution is 2.32. The molecule has 3 nitrogen and oxygen atoms in total. The molecule has 2 aliphatic rings. The van der Waals surface area contributed by atoms with Crippen molar-refractivity contribution in [2.75, 3.05) is 52.9 Å². The minimum atomic E-state index is -2.53. The third-order valence-corrected chi connectivity index (χ3v) is 3.63. The van der Waals surface area contributed by atoms with E-state index in [0.717, 1.165) is 32.7 Å². The van der Waals surface area contributed by atoms with Crippen LogP contribution in [0.15, 0.2) is 0 Å². The molecule has 0 aromatic rings. The molecule has 5 heteroatoms. The van der Waals surface area contributed by atoms with E-state index in [9.17, 15) is 8.78 Å². The second kappa shape index (κ2) is 4.94. The maximum absolute atomic E-state index is 14.0. The molecule has 2 aliphatic heterocycles. The van der Waals surface area contributed by atoms with Crippen LogP contribution in [0, 0.1) is 5.92 Å². The van der Waals surface area contributed by atoms with Crippen LogP contribution in [0.1, 0.15) is 6.42 Å². The molecular formula is C11H21F2N3. The molecular weight excluding hydrogens is 212 g/mol. The molecule has 2 fully saturated rings. The summed E-state index contributed by atoms with van der Waals surface area (Å²) in [5.41, 5.74) is 0.